The van der Waals surface area contributed by atoms with Crippen molar-refractivity contribution < 1.29 is 70.5 Å². The molecule has 0 saturated carbocycles. The number of hydrogen-bond donors (Lipinski definition) is 2. The first-order valence-corrected chi connectivity index (χ1v) is 16.0. The van der Waals surface area contributed by atoms with Gasteiger partial charge in [0, 0.05) is 22.3 Å². The van der Waals surface area contributed by atoms with E-state index in [9.17, 15) is 19.2 Å². The molecule has 2 unspecified atom stereocenters. The fourth-order valence-electron chi connectivity index (χ4n) is 5.05. The summed E-state index contributed by atoms with van der Waals surface area (Å²) < 4.78 is 13.8. The van der Waals surface area contributed by atoms with Gasteiger partial charge in [-0.05, 0) is 51.4 Å². The van der Waals surface area contributed by atoms with Crippen LogP contribution in [0.15, 0.2) is 73.1 Å². The number of imidazole rings is 2. The Bertz CT molecular complexity index is 2090. The van der Waals surface area contributed by atoms with Crippen molar-refractivity contribution in [1.29, 1.82) is 0 Å². The van der Waals surface area contributed by atoms with Crippen molar-refractivity contribution in [2.24, 2.45) is 0 Å². The van der Waals surface area contributed by atoms with Gasteiger partial charge in [0.25, 0.3) is 0 Å². The Labute approximate surface area is 313 Å². The van der Waals surface area contributed by atoms with Gasteiger partial charge in [-0.25, -0.2) is 22.0 Å². The number of aromatic amines is 2. The summed E-state index contributed by atoms with van der Waals surface area (Å²) in [7, 11) is 2.12. The van der Waals surface area contributed by atoms with E-state index in [0.29, 0.717) is 17.7 Å². The maximum atomic E-state index is 10.7. The number of rotatable bonds is 6. The molecule has 0 bridgehead atoms. The fraction of sp³-hybridized carbons (Fsp3) is 0.0909. The minimum Gasteiger partial charge on any atom is -0.632 e. The molecule has 3 heterocycles. The van der Waals surface area contributed by atoms with E-state index in [-0.39, 0.29) is 54.3 Å². The Hall–Kier alpha value is -4.47. The van der Waals surface area contributed by atoms with Gasteiger partial charge in [-0.3, -0.25) is 9.59 Å². The van der Waals surface area contributed by atoms with Gasteiger partial charge in [-0.15, -0.1) is 0 Å². The summed E-state index contributed by atoms with van der Waals surface area (Å²) in [5.41, 5.74) is 20.4. The predicted octanol–water partition coefficient (Wildman–Crippen LogP) is 6.68. The largest absolute Gasteiger partial charge is 2.00 e. The zero-order chi connectivity index (χ0) is 34.2. The first-order valence-electron chi connectivity index (χ1n) is 14.0. The molecule has 2 atom stereocenters. The van der Waals surface area contributed by atoms with Gasteiger partial charge in [-0.2, -0.15) is 17.2 Å². The van der Waals surface area contributed by atoms with E-state index in [1.807, 2.05) is 12.1 Å². The molecular weight excluding hydrogens is 756 g/mol. The van der Waals surface area contributed by atoms with Crippen LogP contribution in [0.1, 0.15) is 5.56 Å². The first kappa shape index (κ1) is 40.0. The van der Waals surface area contributed by atoms with Crippen molar-refractivity contribution in [2.75, 3.05) is 14.2 Å². The summed E-state index contributed by atoms with van der Waals surface area (Å²) in [5, 5.41) is 4.46. The second-order valence-electron chi connectivity index (χ2n) is 9.95. The van der Waals surface area contributed by atoms with E-state index in [1.165, 1.54) is 5.56 Å². The molecule has 2 radical (unpaired) electrons. The molecular formula is C33H26N6O7P2V2. The molecule has 1 aliphatic heterocycles. The number of aromatic nitrogens is 4. The second kappa shape index (κ2) is 18.5. The number of amides is 2. The van der Waals surface area contributed by atoms with Gasteiger partial charge in [0.2, 0.25) is 12.2 Å². The molecule has 1 aliphatic rings. The normalized spacial score (nSPS) is 11.1. The average molecular weight is 782 g/mol. The Balaban J connectivity index is 0.000000500. The molecule has 0 fully saturated rings. The second-order valence-corrected chi connectivity index (χ2v) is 11.8. The minimum atomic E-state index is -0.995. The third-order valence-electron chi connectivity index (χ3n) is 7.22. The van der Waals surface area contributed by atoms with Crippen LogP contribution in [0.2, 0.25) is 0 Å². The third-order valence-corrected chi connectivity index (χ3v) is 8.40. The van der Waals surface area contributed by atoms with Crippen molar-refractivity contribution >= 4 is 74.1 Å². The maximum absolute atomic E-state index is 10.7. The van der Waals surface area contributed by atoms with Crippen LogP contribution in [-0.4, -0.2) is 58.4 Å². The molecule has 0 aliphatic carbocycles. The van der Waals surface area contributed by atoms with Crippen molar-refractivity contribution in [3.05, 3.63) is 90.1 Å². The topological polar surface area (TPSA) is 201 Å². The van der Waals surface area contributed by atoms with Crippen LogP contribution >= 0.6 is 17.2 Å². The first-order chi connectivity index (χ1) is 23.2. The summed E-state index contributed by atoms with van der Waals surface area (Å²) in [4.78, 5) is 54.8. The molecule has 0 saturated heterocycles. The van der Waals surface area contributed by atoms with Crippen molar-refractivity contribution in [3.8, 4) is 39.4 Å². The van der Waals surface area contributed by atoms with Crippen molar-refractivity contribution in [1.82, 2.24) is 19.9 Å². The molecule has 250 valence electrons. The van der Waals surface area contributed by atoms with Crippen LogP contribution in [0.25, 0.3) is 66.7 Å². The number of H-pyrrole nitrogens is 2. The number of nitrogens with one attached hydrogen (secondary N) is 4. The third kappa shape index (κ3) is 9.40. The van der Waals surface area contributed by atoms with Crippen LogP contribution in [0.3, 0.4) is 0 Å². The number of ether oxygens (including phenoxy) is 3. The summed E-state index contributed by atoms with van der Waals surface area (Å²) in [6.45, 7) is 0.488. The quantitative estimate of drug-likeness (QED) is 0.137. The summed E-state index contributed by atoms with van der Waals surface area (Å²) >= 11 is 0. The predicted molar refractivity (Wildman–Crippen MR) is 187 cm³/mol. The molecule has 6 aromatic rings. The van der Waals surface area contributed by atoms with Crippen LogP contribution in [0.4, 0.5) is 9.59 Å². The van der Waals surface area contributed by atoms with Gasteiger partial charge < -0.3 is 45.2 Å². The molecule has 13 nitrogen and oxygen atoms in total. The van der Waals surface area contributed by atoms with Crippen LogP contribution in [0.5, 0.6) is 5.75 Å². The zero-order valence-corrected chi connectivity index (χ0v) is 31.1. The van der Waals surface area contributed by atoms with E-state index in [2.05, 4.69) is 90.1 Å². The molecule has 0 spiro atoms. The Morgan fingerprint density at radius 1 is 0.740 bits per heavy atom. The molecule has 7 rings (SSSR count). The van der Waals surface area contributed by atoms with Gasteiger partial charge in [0.05, 0.1) is 49.1 Å². The Morgan fingerprint density at radius 3 is 1.80 bits per heavy atom. The maximum Gasteiger partial charge on any atom is 2.00 e. The number of nitrogens with zero attached hydrogens (tertiary/aromatic N) is 2. The smallest absolute Gasteiger partial charge is 0.632 e. The van der Waals surface area contributed by atoms with E-state index in [1.54, 1.807) is 12.4 Å². The van der Waals surface area contributed by atoms with E-state index < -0.39 is 12.2 Å². The van der Waals surface area contributed by atoms with Gasteiger partial charge >= 0.3 is 37.1 Å². The molecule has 4 aromatic carbocycles. The van der Waals surface area contributed by atoms with Gasteiger partial charge in [0.15, 0.2) is 0 Å². The van der Waals surface area contributed by atoms with Crippen molar-refractivity contribution in [3.63, 3.8) is 0 Å². The number of benzene rings is 4. The fourth-order valence-corrected chi connectivity index (χ4v) is 5.90. The number of fused-ring (bicyclic) bond motifs is 6. The van der Waals surface area contributed by atoms with Gasteiger partial charge in [0.1, 0.15) is 12.4 Å². The van der Waals surface area contributed by atoms with Crippen LogP contribution < -0.4 is 15.9 Å². The van der Waals surface area contributed by atoms with E-state index in [0.717, 1.165) is 75.2 Å². The summed E-state index contributed by atoms with van der Waals surface area (Å²) in [5.74, 6) is 0.860. The number of methoxy groups -OCH3 is 2. The average Bonchev–Trinajstić information content (AvgIpc) is 3.77. The zero-order valence-electron chi connectivity index (χ0n) is 26.3. The standard InChI is InChI=1S/C29H18N4O3P2.2C2H5NO2.2V/c34-14-37-28-30-11-25(32-28)18-2-1-16-9-23-22-6-3-17-7-19(26-12-31-29(33-26)38-15-35)4-5-21(17)24(22)13-36-27(23)10-20(16)8-18;2*1-5-2(3)4;;/h1-12,37-38H,13H2,(H,30,32)(H,31,33);2*1H3,(H2,3,4);;/q-2;;;2*+2/p-2. The van der Waals surface area contributed by atoms with Crippen LogP contribution in [-0.2, 0) is 62.8 Å². The molecule has 4 N–H and O–H groups in total. The Morgan fingerprint density at radius 2 is 1.26 bits per heavy atom. The van der Waals surface area contributed by atoms with Crippen LogP contribution in [0, 0.1) is 0 Å². The molecule has 50 heavy (non-hydrogen) atoms. The number of carbonyl (C=O) groups excluding carboxylic acids is 4. The number of carbonyl (C=O) groups is 2. The molecule has 2 amide bonds. The van der Waals surface area contributed by atoms with Crippen molar-refractivity contribution in [2.45, 2.75) is 6.61 Å². The molecule has 17 heteroatoms. The number of hydrogen-bond acceptors (Lipinski definition) is 9. The van der Waals surface area contributed by atoms with Gasteiger partial charge in [-0.1, -0.05) is 36.4 Å². The van der Waals surface area contributed by atoms with E-state index in [4.69, 9.17) is 16.2 Å². The minimum absolute atomic E-state index is 0. The molecule has 2 aromatic heterocycles. The van der Waals surface area contributed by atoms with E-state index >= 15 is 0 Å². The monoisotopic (exact) mass is 782 g/mol. The summed E-state index contributed by atoms with van der Waals surface area (Å²) in [6, 6.07) is 25.0. The summed E-state index contributed by atoms with van der Waals surface area (Å²) in [6.07, 6.45) is 1.51. The SMILES string of the molecule is COC([NH-])=O.COC([NH-])=O.O=[C-]Pc1ncc(-c2ccc3cc4c(cc3c2)OCc2c-4ccc3cc(-c4cnc(P[C-]=O)[nH]4)ccc23)[nH]1.[V+2].[V+2]. The Kier molecular flexibility index (Phi) is 14.8.